The summed E-state index contributed by atoms with van der Waals surface area (Å²) in [4.78, 5) is 27.6. The molecule has 4 rings (SSSR count). The Balaban J connectivity index is 1.53. The first-order chi connectivity index (χ1) is 13.1. The Morgan fingerprint density at radius 2 is 2.11 bits per heavy atom. The molecule has 1 amide bonds. The number of non-ortho nitro benzene ring substituents is 1. The van der Waals surface area contributed by atoms with Gasteiger partial charge in [-0.05, 0) is 12.5 Å². The van der Waals surface area contributed by atoms with Crippen LogP contribution < -0.4 is 10.1 Å². The lowest BCUT2D eigenvalue weighted by Crippen LogP contribution is -2.26. The number of nitrogens with zero attached hydrogens (tertiary/aromatic N) is 2. The van der Waals surface area contributed by atoms with Crippen molar-refractivity contribution in [2.24, 2.45) is 0 Å². The molecule has 3 aromatic rings. The second-order valence-corrected chi connectivity index (χ2v) is 6.92. The van der Waals surface area contributed by atoms with Gasteiger partial charge in [-0.1, -0.05) is 30.3 Å². The fraction of sp³-hybridized carbons (Fsp3) is 0.158. The first-order valence-corrected chi connectivity index (χ1v) is 9.23. The minimum Gasteiger partial charge on any atom is -0.493 e. The van der Waals surface area contributed by atoms with E-state index < -0.39 is 4.92 Å². The molecule has 1 aromatic heterocycles. The second-order valence-electron chi connectivity index (χ2n) is 6.06. The summed E-state index contributed by atoms with van der Waals surface area (Å²) in [6, 6.07) is 13.8. The smallest absolute Gasteiger partial charge is 0.270 e. The van der Waals surface area contributed by atoms with Crippen LogP contribution in [0.5, 0.6) is 5.75 Å². The lowest BCUT2D eigenvalue weighted by Gasteiger charge is -2.24. The summed E-state index contributed by atoms with van der Waals surface area (Å²) in [5.74, 6) is 0.311. The molecule has 0 aliphatic carbocycles. The molecule has 1 atom stereocenters. The second kappa shape index (κ2) is 7.16. The molecule has 0 spiro atoms. The van der Waals surface area contributed by atoms with Crippen molar-refractivity contribution in [3.05, 3.63) is 69.6 Å². The Kier molecular flexibility index (Phi) is 4.55. The standard InChI is InChI=1S/C19H15N3O4S/c23-18(15-8-9-26-17-7-2-1-6-14(15)17)21-19-20-16(11-27-19)12-4-3-5-13(10-12)22(24)25/h1-7,10-11,15H,8-9H2,(H,20,21,23). The highest BCUT2D eigenvalue weighted by Crippen LogP contribution is 2.35. The number of aromatic nitrogens is 1. The SMILES string of the molecule is O=C(Nc1nc(-c2cccc([N+](=O)[O-])c2)cs1)C1CCOc2ccccc21. The van der Waals surface area contributed by atoms with Gasteiger partial charge < -0.3 is 10.1 Å². The van der Waals surface area contributed by atoms with Crippen LogP contribution in [0.3, 0.4) is 0 Å². The van der Waals surface area contributed by atoms with Gasteiger partial charge in [-0.2, -0.15) is 0 Å². The summed E-state index contributed by atoms with van der Waals surface area (Å²) in [5, 5.41) is 16.0. The Bertz CT molecular complexity index is 1020. The summed E-state index contributed by atoms with van der Waals surface area (Å²) in [6.07, 6.45) is 0.603. The predicted molar refractivity (Wildman–Crippen MR) is 102 cm³/mol. The number of benzene rings is 2. The van der Waals surface area contributed by atoms with Gasteiger partial charge in [0.25, 0.3) is 5.69 Å². The van der Waals surface area contributed by atoms with Gasteiger partial charge in [0.2, 0.25) is 5.91 Å². The highest BCUT2D eigenvalue weighted by atomic mass is 32.1. The number of nitrogens with one attached hydrogen (secondary N) is 1. The number of carbonyl (C=O) groups is 1. The molecule has 2 heterocycles. The summed E-state index contributed by atoms with van der Waals surface area (Å²) in [7, 11) is 0. The van der Waals surface area contributed by atoms with Crippen LogP contribution >= 0.6 is 11.3 Å². The topological polar surface area (TPSA) is 94.4 Å². The number of rotatable bonds is 4. The zero-order chi connectivity index (χ0) is 18.8. The molecule has 8 heteroatoms. The molecule has 27 heavy (non-hydrogen) atoms. The average molecular weight is 381 g/mol. The van der Waals surface area contributed by atoms with Gasteiger partial charge in [-0.25, -0.2) is 4.98 Å². The van der Waals surface area contributed by atoms with E-state index in [1.165, 1.54) is 23.5 Å². The van der Waals surface area contributed by atoms with E-state index in [0.29, 0.717) is 29.4 Å². The maximum Gasteiger partial charge on any atom is 0.270 e. The van der Waals surface area contributed by atoms with Crippen molar-refractivity contribution >= 4 is 28.1 Å². The summed E-state index contributed by atoms with van der Waals surface area (Å²) >= 11 is 1.29. The lowest BCUT2D eigenvalue weighted by molar-refractivity contribution is -0.384. The van der Waals surface area contributed by atoms with E-state index >= 15 is 0 Å². The molecule has 1 aliphatic rings. The number of anilines is 1. The van der Waals surface area contributed by atoms with Gasteiger partial charge in [0, 0.05) is 28.6 Å². The number of hydrogen-bond donors (Lipinski definition) is 1. The largest absolute Gasteiger partial charge is 0.493 e. The van der Waals surface area contributed by atoms with Crippen molar-refractivity contribution in [1.29, 1.82) is 0 Å². The van der Waals surface area contributed by atoms with Crippen LogP contribution in [0.1, 0.15) is 17.9 Å². The minimum absolute atomic E-state index is 0.00454. The highest BCUT2D eigenvalue weighted by molar-refractivity contribution is 7.14. The molecule has 0 bridgehead atoms. The quantitative estimate of drug-likeness (QED) is 0.539. The van der Waals surface area contributed by atoms with E-state index in [9.17, 15) is 14.9 Å². The van der Waals surface area contributed by atoms with Gasteiger partial charge in [-0.3, -0.25) is 14.9 Å². The fourth-order valence-electron chi connectivity index (χ4n) is 3.05. The maximum atomic E-state index is 12.7. The van der Waals surface area contributed by atoms with Crippen LogP contribution in [-0.4, -0.2) is 22.4 Å². The van der Waals surface area contributed by atoms with Crippen molar-refractivity contribution in [2.45, 2.75) is 12.3 Å². The maximum absolute atomic E-state index is 12.7. The van der Waals surface area contributed by atoms with E-state index in [1.54, 1.807) is 17.5 Å². The van der Waals surface area contributed by atoms with E-state index in [2.05, 4.69) is 10.3 Å². The number of nitro benzene ring substituents is 1. The van der Waals surface area contributed by atoms with Crippen molar-refractivity contribution in [3.63, 3.8) is 0 Å². The van der Waals surface area contributed by atoms with Gasteiger partial charge in [0.05, 0.1) is 23.1 Å². The van der Waals surface area contributed by atoms with Gasteiger partial charge in [0.1, 0.15) is 5.75 Å². The molecule has 0 fully saturated rings. The molecule has 0 radical (unpaired) electrons. The predicted octanol–water partition coefficient (Wildman–Crippen LogP) is 4.22. The van der Waals surface area contributed by atoms with Crippen LogP contribution in [0.15, 0.2) is 53.9 Å². The molecular weight excluding hydrogens is 366 g/mol. The van der Waals surface area contributed by atoms with Crippen LogP contribution in [0.4, 0.5) is 10.8 Å². The first-order valence-electron chi connectivity index (χ1n) is 8.35. The molecule has 1 aliphatic heterocycles. The Morgan fingerprint density at radius 1 is 1.26 bits per heavy atom. The monoisotopic (exact) mass is 381 g/mol. The zero-order valence-corrected chi connectivity index (χ0v) is 14.9. The number of carbonyl (C=O) groups excluding carboxylic acids is 1. The van der Waals surface area contributed by atoms with E-state index in [0.717, 1.165) is 11.3 Å². The van der Waals surface area contributed by atoms with Crippen LogP contribution in [-0.2, 0) is 4.79 Å². The van der Waals surface area contributed by atoms with Crippen LogP contribution in [0.25, 0.3) is 11.3 Å². The van der Waals surface area contributed by atoms with Gasteiger partial charge >= 0.3 is 0 Å². The Hall–Kier alpha value is -3.26. The minimum atomic E-state index is -0.443. The van der Waals surface area contributed by atoms with Crippen molar-refractivity contribution in [3.8, 4) is 17.0 Å². The summed E-state index contributed by atoms with van der Waals surface area (Å²) < 4.78 is 5.60. The zero-order valence-electron chi connectivity index (χ0n) is 14.1. The number of fused-ring (bicyclic) bond motifs is 1. The number of para-hydroxylation sites is 1. The number of amides is 1. The molecule has 0 saturated heterocycles. The van der Waals surface area contributed by atoms with Crippen LogP contribution in [0, 0.1) is 10.1 Å². The van der Waals surface area contributed by atoms with Crippen LogP contribution in [0.2, 0.25) is 0 Å². The summed E-state index contributed by atoms with van der Waals surface area (Å²) in [6.45, 7) is 0.492. The van der Waals surface area contributed by atoms with Crippen molar-refractivity contribution in [1.82, 2.24) is 4.98 Å². The molecule has 2 aromatic carbocycles. The molecule has 0 saturated carbocycles. The fourth-order valence-corrected chi connectivity index (χ4v) is 3.77. The van der Waals surface area contributed by atoms with E-state index in [1.807, 2.05) is 24.3 Å². The number of hydrogen-bond acceptors (Lipinski definition) is 6. The first kappa shape index (κ1) is 17.2. The normalized spacial score (nSPS) is 15.5. The molecule has 1 N–H and O–H groups in total. The molecule has 1 unspecified atom stereocenters. The molecule has 136 valence electrons. The van der Waals surface area contributed by atoms with Gasteiger partial charge in [-0.15, -0.1) is 11.3 Å². The Labute approximate surface area is 158 Å². The van der Waals surface area contributed by atoms with E-state index in [-0.39, 0.29) is 17.5 Å². The van der Waals surface area contributed by atoms with Crippen molar-refractivity contribution < 1.29 is 14.5 Å². The summed E-state index contributed by atoms with van der Waals surface area (Å²) in [5.41, 5.74) is 2.10. The molecule has 7 nitrogen and oxygen atoms in total. The third kappa shape index (κ3) is 3.52. The Morgan fingerprint density at radius 3 is 2.96 bits per heavy atom. The average Bonchev–Trinajstić information content (AvgIpc) is 3.16. The number of nitro groups is 1. The van der Waals surface area contributed by atoms with Crippen molar-refractivity contribution in [2.75, 3.05) is 11.9 Å². The third-order valence-corrected chi connectivity index (χ3v) is 5.12. The third-order valence-electron chi connectivity index (χ3n) is 4.36. The molecular formula is C19H15N3O4S. The highest BCUT2D eigenvalue weighted by Gasteiger charge is 2.28. The lowest BCUT2D eigenvalue weighted by atomic mass is 9.92. The number of thiazole rings is 1. The van der Waals surface area contributed by atoms with E-state index in [4.69, 9.17) is 4.74 Å². The number of ether oxygens (including phenoxy) is 1. The van der Waals surface area contributed by atoms with Gasteiger partial charge in [0.15, 0.2) is 5.13 Å².